The maximum atomic E-state index is 9.04. The quantitative estimate of drug-likeness (QED) is 0.658. The van der Waals surface area contributed by atoms with Crippen molar-refractivity contribution in [2.24, 2.45) is 0 Å². The highest BCUT2D eigenvalue weighted by Gasteiger charge is 2.07. The van der Waals surface area contributed by atoms with Crippen LogP contribution >= 0.6 is 0 Å². The highest BCUT2D eigenvalue weighted by molar-refractivity contribution is 5.65. The van der Waals surface area contributed by atoms with Gasteiger partial charge >= 0.3 is 0 Å². The molecule has 0 fully saturated rings. The van der Waals surface area contributed by atoms with Gasteiger partial charge in [0.2, 0.25) is 0 Å². The SMILES string of the molecule is C=CCNc1cc(Nc2cccc(C#N)c2)nc(-c2ccccc2)n1. The minimum Gasteiger partial charge on any atom is -0.366 e. The summed E-state index contributed by atoms with van der Waals surface area (Å²) in [4.78, 5) is 9.15. The van der Waals surface area contributed by atoms with Crippen molar-refractivity contribution in [1.29, 1.82) is 5.26 Å². The predicted molar refractivity (Wildman–Crippen MR) is 101 cm³/mol. The third-order valence-corrected chi connectivity index (χ3v) is 3.45. The monoisotopic (exact) mass is 327 g/mol. The van der Waals surface area contributed by atoms with Crippen molar-refractivity contribution in [2.75, 3.05) is 17.2 Å². The summed E-state index contributed by atoms with van der Waals surface area (Å²) in [6.07, 6.45) is 1.77. The lowest BCUT2D eigenvalue weighted by molar-refractivity contribution is 1.15. The van der Waals surface area contributed by atoms with Gasteiger partial charge in [0.1, 0.15) is 11.6 Å². The summed E-state index contributed by atoms with van der Waals surface area (Å²) in [6.45, 7) is 4.32. The van der Waals surface area contributed by atoms with E-state index in [-0.39, 0.29) is 0 Å². The number of anilines is 3. The summed E-state index contributed by atoms with van der Waals surface area (Å²) in [7, 11) is 0. The van der Waals surface area contributed by atoms with E-state index in [1.807, 2.05) is 48.5 Å². The topological polar surface area (TPSA) is 73.6 Å². The maximum absolute atomic E-state index is 9.04. The molecule has 3 aromatic rings. The van der Waals surface area contributed by atoms with Gasteiger partial charge in [-0.05, 0) is 18.2 Å². The van der Waals surface area contributed by atoms with E-state index in [0.29, 0.717) is 29.6 Å². The highest BCUT2D eigenvalue weighted by atomic mass is 15.1. The smallest absolute Gasteiger partial charge is 0.163 e. The molecule has 0 aliphatic rings. The Kier molecular flexibility index (Phi) is 5.03. The van der Waals surface area contributed by atoms with Crippen LogP contribution < -0.4 is 10.6 Å². The molecule has 0 spiro atoms. The molecule has 3 rings (SSSR count). The highest BCUT2D eigenvalue weighted by Crippen LogP contribution is 2.23. The molecule has 122 valence electrons. The lowest BCUT2D eigenvalue weighted by atomic mass is 10.2. The summed E-state index contributed by atoms with van der Waals surface area (Å²) in [6, 6.07) is 21.0. The summed E-state index contributed by atoms with van der Waals surface area (Å²) in [5.74, 6) is 1.97. The first-order valence-corrected chi connectivity index (χ1v) is 7.85. The Morgan fingerprint density at radius 2 is 1.80 bits per heavy atom. The van der Waals surface area contributed by atoms with E-state index >= 15 is 0 Å². The lowest BCUT2D eigenvalue weighted by Crippen LogP contribution is -2.04. The van der Waals surface area contributed by atoms with Crippen LogP contribution in [0.4, 0.5) is 17.3 Å². The Morgan fingerprint density at radius 1 is 1.00 bits per heavy atom. The average Bonchev–Trinajstić information content (AvgIpc) is 2.67. The van der Waals surface area contributed by atoms with Crippen LogP contribution in [-0.2, 0) is 0 Å². The first-order valence-electron chi connectivity index (χ1n) is 7.85. The van der Waals surface area contributed by atoms with Gasteiger partial charge in [-0.15, -0.1) is 6.58 Å². The molecule has 25 heavy (non-hydrogen) atoms. The van der Waals surface area contributed by atoms with Gasteiger partial charge in [0.15, 0.2) is 5.82 Å². The first-order chi connectivity index (χ1) is 12.3. The molecule has 0 radical (unpaired) electrons. The zero-order valence-electron chi connectivity index (χ0n) is 13.6. The number of hydrogen-bond donors (Lipinski definition) is 2. The Hall–Kier alpha value is -3.65. The second-order valence-corrected chi connectivity index (χ2v) is 5.32. The molecule has 5 nitrogen and oxygen atoms in total. The van der Waals surface area contributed by atoms with E-state index in [1.54, 1.807) is 18.2 Å². The summed E-state index contributed by atoms with van der Waals surface area (Å²) < 4.78 is 0. The van der Waals surface area contributed by atoms with Crippen molar-refractivity contribution in [1.82, 2.24) is 9.97 Å². The molecular weight excluding hydrogens is 310 g/mol. The van der Waals surface area contributed by atoms with Crippen LogP contribution in [0.1, 0.15) is 5.56 Å². The van der Waals surface area contributed by atoms with Crippen LogP contribution in [0.2, 0.25) is 0 Å². The molecule has 1 aromatic heterocycles. The fraction of sp³-hybridized carbons (Fsp3) is 0.0500. The minimum atomic E-state index is 0.590. The van der Waals surface area contributed by atoms with E-state index in [4.69, 9.17) is 5.26 Å². The molecule has 2 aromatic carbocycles. The largest absolute Gasteiger partial charge is 0.366 e. The molecule has 0 saturated heterocycles. The standard InChI is InChI=1S/C20H17N5/c1-2-11-22-18-13-19(23-17-10-6-7-15(12-17)14-21)25-20(24-18)16-8-4-3-5-9-16/h2-10,12-13H,1,11H2,(H2,22,23,24,25). The number of hydrogen-bond acceptors (Lipinski definition) is 5. The fourth-order valence-corrected chi connectivity index (χ4v) is 2.31. The molecule has 1 heterocycles. The van der Waals surface area contributed by atoms with Crippen LogP contribution in [0.25, 0.3) is 11.4 Å². The Morgan fingerprint density at radius 3 is 2.56 bits per heavy atom. The molecule has 0 amide bonds. The molecule has 2 N–H and O–H groups in total. The van der Waals surface area contributed by atoms with E-state index in [2.05, 4.69) is 33.2 Å². The molecule has 0 saturated carbocycles. The Bertz CT molecular complexity index is 913. The molecule has 5 heteroatoms. The zero-order valence-corrected chi connectivity index (χ0v) is 13.6. The number of benzene rings is 2. The summed E-state index contributed by atoms with van der Waals surface area (Å²) in [5, 5.41) is 15.5. The summed E-state index contributed by atoms with van der Waals surface area (Å²) >= 11 is 0. The maximum Gasteiger partial charge on any atom is 0.163 e. The van der Waals surface area contributed by atoms with E-state index in [0.717, 1.165) is 11.3 Å². The van der Waals surface area contributed by atoms with E-state index in [9.17, 15) is 0 Å². The Labute approximate surface area is 146 Å². The van der Waals surface area contributed by atoms with Gasteiger partial charge in [0.05, 0.1) is 11.6 Å². The lowest BCUT2D eigenvalue weighted by Gasteiger charge is -2.11. The molecular formula is C20H17N5. The van der Waals surface area contributed by atoms with Gasteiger partial charge < -0.3 is 10.6 Å². The van der Waals surface area contributed by atoms with E-state index in [1.165, 1.54) is 0 Å². The van der Waals surface area contributed by atoms with Crippen molar-refractivity contribution in [3.8, 4) is 17.5 Å². The third kappa shape index (κ3) is 4.21. The van der Waals surface area contributed by atoms with Crippen LogP contribution in [0, 0.1) is 11.3 Å². The van der Waals surface area contributed by atoms with Crippen molar-refractivity contribution < 1.29 is 0 Å². The molecule has 0 atom stereocenters. The molecule has 0 unspecified atom stereocenters. The van der Waals surface area contributed by atoms with Crippen molar-refractivity contribution in [3.05, 3.63) is 78.9 Å². The average molecular weight is 327 g/mol. The first kappa shape index (κ1) is 16.2. The fourth-order valence-electron chi connectivity index (χ4n) is 2.31. The normalized spacial score (nSPS) is 9.88. The van der Waals surface area contributed by atoms with Crippen molar-refractivity contribution >= 4 is 17.3 Å². The van der Waals surface area contributed by atoms with Gasteiger partial charge in [-0.3, -0.25) is 0 Å². The van der Waals surface area contributed by atoms with Gasteiger partial charge in [0, 0.05) is 23.9 Å². The second-order valence-electron chi connectivity index (χ2n) is 5.32. The van der Waals surface area contributed by atoms with Crippen molar-refractivity contribution in [3.63, 3.8) is 0 Å². The third-order valence-electron chi connectivity index (χ3n) is 3.45. The van der Waals surface area contributed by atoms with E-state index < -0.39 is 0 Å². The number of aromatic nitrogens is 2. The summed E-state index contributed by atoms with van der Waals surface area (Å²) in [5.41, 5.74) is 2.32. The van der Waals surface area contributed by atoms with Gasteiger partial charge in [-0.1, -0.05) is 42.5 Å². The number of nitrogens with zero attached hydrogens (tertiary/aromatic N) is 3. The van der Waals surface area contributed by atoms with Gasteiger partial charge in [-0.2, -0.15) is 5.26 Å². The molecule has 0 aliphatic heterocycles. The molecule has 0 bridgehead atoms. The van der Waals surface area contributed by atoms with Crippen LogP contribution in [0.5, 0.6) is 0 Å². The number of nitrogens with one attached hydrogen (secondary N) is 2. The number of nitriles is 1. The molecule has 0 aliphatic carbocycles. The van der Waals surface area contributed by atoms with Crippen LogP contribution in [0.3, 0.4) is 0 Å². The Balaban J connectivity index is 1.96. The predicted octanol–water partition coefficient (Wildman–Crippen LogP) is 4.36. The van der Waals surface area contributed by atoms with Gasteiger partial charge in [0.25, 0.3) is 0 Å². The number of rotatable bonds is 6. The van der Waals surface area contributed by atoms with Crippen LogP contribution in [-0.4, -0.2) is 16.5 Å². The minimum absolute atomic E-state index is 0.590. The van der Waals surface area contributed by atoms with Gasteiger partial charge in [-0.25, -0.2) is 9.97 Å². The second kappa shape index (κ2) is 7.75. The van der Waals surface area contributed by atoms with Crippen LogP contribution in [0.15, 0.2) is 73.3 Å². The zero-order chi connectivity index (χ0) is 17.5. The van der Waals surface area contributed by atoms with Crippen molar-refractivity contribution in [2.45, 2.75) is 0 Å².